The maximum absolute atomic E-state index is 13.8. The molecule has 2 atom stereocenters. The fourth-order valence-electron chi connectivity index (χ4n) is 2.76. The molecule has 2 aromatic rings. The molecule has 0 radical (unpaired) electrons. The van der Waals surface area contributed by atoms with Crippen LogP contribution >= 0.6 is 7.14 Å². The predicted molar refractivity (Wildman–Crippen MR) is 93.8 cm³/mol. The molecule has 118 valence electrons. The van der Waals surface area contributed by atoms with Gasteiger partial charge in [0.05, 0.1) is 6.10 Å². The van der Waals surface area contributed by atoms with Crippen LogP contribution in [0.4, 0.5) is 0 Å². The molecule has 0 aliphatic heterocycles. The molecule has 2 aromatic carbocycles. The van der Waals surface area contributed by atoms with Gasteiger partial charge in [-0.25, -0.2) is 0 Å². The summed E-state index contributed by atoms with van der Waals surface area (Å²) in [6.07, 6.45) is 0.392. The molecule has 0 saturated heterocycles. The molecule has 2 unspecified atom stereocenters. The smallest absolute Gasteiger partial charge is 0.145 e. The van der Waals surface area contributed by atoms with Gasteiger partial charge in [0.1, 0.15) is 7.14 Å². The van der Waals surface area contributed by atoms with E-state index in [1.54, 1.807) is 0 Å². The third kappa shape index (κ3) is 3.67. The molecule has 22 heavy (non-hydrogen) atoms. The van der Waals surface area contributed by atoms with Gasteiger partial charge >= 0.3 is 0 Å². The quantitative estimate of drug-likeness (QED) is 0.771. The number of rotatable bonds is 7. The number of benzene rings is 2. The summed E-state index contributed by atoms with van der Waals surface area (Å²) in [5.41, 5.74) is 0. The topological polar surface area (TPSA) is 49.3 Å². The van der Waals surface area contributed by atoms with Gasteiger partial charge in [-0.3, -0.25) is 0 Å². The molecule has 0 bridgehead atoms. The maximum atomic E-state index is 13.8. The van der Waals surface area contributed by atoms with Gasteiger partial charge in [-0.15, -0.1) is 0 Å². The SMILES string of the molecule is CCC(NC)C(O)CP(=O)(c1ccccc1)c1ccccc1. The summed E-state index contributed by atoms with van der Waals surface area (Å²) in [7, 11) is -1.02. The molecule has 3 nitrogen and oxygen atoms in total. The monoisotopic (exact) mass is 317 g/mol. The lowest BCUT2D eigenvalue weighted by Gasteiger charge is -2.27. The largest absolute Gasteiger partial charge is 0.391 e. The summed E-state index contributed by atoms with van der Waals surface area (Å²) >= 11 is 0. The van der Waals surface area contributed by atoms with Crippen molar-refractivity contribution in [3.05, 3.63) is 60.7 Å². The number of nitrogens with one attached hydrogen (secondary N) is 1. The molecule has 0 spiro atoms. The van der Waals surface area contributed by atoms with Crippen molar-refractivity contribution in [2.45, 2.75) is 25.5 Å². The van der Waals surface area contributed by atoms with Crippen LogP contribution in [0.5, 0.6) is 0 Å². The molecule has 4 heteroatoms. The molecule has 2 N–H and O–H groups in total. The highest BCUT2D eigenvalue weighted by Gasteiger charge is 2.32. The van der Waals surface area contributed by atoms with Gasteiger partial charge < -0.3 is 15.0 Å². The lowest BCUT2D eigenvalue weighted by atomic mass is 10.1. The van der Waals surface area contributed by atoms with Crippen LogP contribution in [0.25, 0.3) is 0 Å². The van der Waals surface area contributed by atoms with E-state index < -0.39 is 13.2 Å². The zero-order valence-corrected chi connectivity index (χ0v) is 14.0. The number of aliphatic hydroxyl groups excluding tert-OH is 1. The molecule has 0 amide bonds. The van der Waals surface area contributed by atoms with E-state index in [1.807, 2.05) is 74.6 Å². The Morgan fingerprint density at radius 3 is 1.82 bits per heavy atom. The number of likely N-dealkylation sites (N-methyl/N-ethyl adjacent to an activating group) is 1. The van der Waals surface area contributed by atoms with Gasteiger partial charge in [0.2, 0.25) is 0 Å². The Bertz CT molecular complexity index is 568. The van der Waals surface area contributed by atoms with Crippen LogP contribution in [0, 0.1) is 0 Å². The Hall–Kier alpha value is -1.41. The third-order valence-electron chi connectivity index (χ3n) is 4.07. The van der Waals surface area contributed by atoms with Crippen molar-refractivity contribution < 1.29 is 9.67 Å². The van der Waals surface area contributed by atoms with E-state index in [9.17, 15) is 9.67 Å². The molecule has 0 aliphatic carbocycles. The first-order chi connectivity index (χ1) is 10.6. The third-order valence-corrected chi connectivity index (χ3v) is 7.22. The number of hydrogen-bond donors (Lipinski definition) is 2. The second-order valence-electron chi connectivity index (χ2n) is 5.46. The first kappa shape index (κ1) is 17.0. The normalized spacial score (nSPS) is 14.5. The van der Waals surface area contributed by atoms with Gasteiger partial charge in [0.15, 0.2) is 0 Å². The summed E-state index contributed by atoms with van der Waals surface area (Å²) in [4.78, 5) is 0. The zero-order valence-electron chi connectivity index (χ0n) is 13.1. The van der Waals surface area contributed by atoms with Crippen LogP contribution in [-0.4, -0.2) is 30.5 Å². The van der Waals surface area contributed by atoms with Crippen LogP contribution < -0.4 is 15.9 Å². The van der Waals surface area contributed by atoms with Crippen molar-refractivity contribution in [2.24, 2.45) is 0 Å². The van der Waals surface area contributed by atoms with Crippen molar-refractivity contribution >= 4 is 17.8 Å². The van der Waals surface area contributed by atoms with Crippen molar-refractivity contribution in [1.82, 2.24) is 5.32 Å². The van der Waals surface area contributed by atoms with Gasteiger partial charge in [0, 0.05) is 22.8 Å². The molecule has 0 saturated carbocycles. The molecule has 0 aromatic heterocycles. The lowest BCUT2D eigenvalue weighted by molar-refractivity contribution is 0.149. The minimum absolute atomic E-state index is 0.0549. The fraction of sp³-hybridized carbons (Fsp3) is 0.333. The van der Waals surface area contributed by atoms with E-state index in [2.05, 4.69) is 5.32 Å². The summed E-state index contributed by atoms with van der Waals surface area (Å²) in [5.74, 6) is 0. The highest BCUT2D eigenvalue weighted by atomic mass is 31.2. The molecular formula is C18H24NO2P. The lowest BCUT2D eigenvalue weighted by Crippen LogP contribution is -2.40. The van der Waals surface area contributed by atoms with Crippen LogP contribution in [-0.2, 0) is 4.57 Å². The minimum atomic E-state index is -2.85. The second kappa shape index (κ2) is 7.73. The zero-order chi connectivity index (χ0) is 16.0. The Morgan fingerprint density at radius 2 is 1.45 bits per heavy atom. The van der Waals surface area contributed by atoms with Crippen molar-refractivity contribution in [2.75, 3.05) is 13.2 Å². The highest BCUT2D eigenvalue weighted by molar-refractivity contribution is 7.78. The second-order valence-corrected chi connectivity index (χ2v) is 8.34. The molecule has 2 rings (SSSR count). The first-order valence-corrected chi connectivity index (χ1v) is 9.56. The highest BCUT2D eigenvalue weighted by Crippen LogP contribution is 2.44. The Labute approximate surface area is 132 Å². The van der Waals surface area contributed by atoms with Gasteiger partial charge in [-0.2, -0.15) is 0 Å². The predicted octanol–water partition coefficient (Wildman–Crippen LogP) is 2.36. The van der Waals surface area contributed by atoms with Crippen LogP contribution in [0.15, 0.2) is 60.7 Å². The van der Waals surface area contributed by atoms with E-state index in [4.69, 9.17) is 0 Å². The van der Waals surface area contributed by atoms with E-state index in [0.29, 0.717) is 0 Å². The Balaban J connectivity index is 2.41. The summed E-state index contributed by atoms with van der Waals surface area (Å²) in [5, 5.41) is 15.2. The average molecular weight is 317 g/mol. The maximum Gasteiger partial charge on any atom is 0.145 e. The van der Waals surface area contributed by atoms with Crippen molar-refractivity contribution in [3.63, 3.8) is 0 Å². The first-order valence-electron chi connectivity index (χ1n) is 7.67. The summed E-state index contributed by atoms with van der Waals surface area (Å²) in [6, 6.07) is 18.9. The summed E-state index contributed by atoms with van der Waals surface area (Å²) in [6.45, 7) is 2.01. The van der Waals surface area contributed by atoms with Crippen LogP contribution in [0.2, 0.25) is 0 Å². The molecule has 0 heterocycles. The molecule has 0 fully saturated rings. The van der Waals surface area contributed by atoms with E-state index >= 15 is 0 Å². The van der Waals surface area contributed by atoms with Gasteiger partial charge in [0.25, 0.3) is 0 Å². The van der Waals surface area contributed by atoms with E-state index in [1.165, 1.54) is 0 Å². The van der Waals surface area contributed by atoms with Crippen molar-refractivity contribution in [3.8, 4) is 0 Å². The Kier molecular flexibility index (Phi) is 5.96. The van der Waals surface area contributed by atoms with Crippen LogP contribution in [0.3, 0.4) is 0 Å². The van der Waals surface area contributed by atoms with E-state index in [-0.39, 0.29) is 12.2 Å². The van der Waals surface area contributed by atoms with Crippen molar-refractivity contribution in [1.29, 1.82) is 0 Å². The standard InChI is InChI=1S/C18H24NO2P/c1-3-17(19-2)18(20)14-22(21,15-10-6-4-7-11-15)16-12-8-5-9-13-16/h4-13,17-20H,3,14H2,1-2H3. The average Bonchev–Trinajstić information content (AvgIpc) is 2.57. The van der Waals surface area contributed by atoms with E-state index in [0.717, 1.165) is 17.0 Å². The molecular weight excluding hydrogens is 293 g/mol. The Morgan fingerprint density at radius 1 is 1.00 bits per heavy atom. The van der Waals surface area contributed by atoms with Gasteiger partial charge in [-0.1, -0.05) is 67.6 Å². The number of hydrogen-bond acceptors (Lipinski definition) is 3. The fourth-order valence-corrected chi connectivity index (χ4v) is 5.57. The minimum Gasteiger partial charge on any atom is -0.391 e. The van der Waals surface area contributed by atoms with Crippen LogP contribution in [0.1, 0.15) is 13.3 Å². The summed E-state index contributed by atoms with van der Waals surface area (Å²) < 4.78 is 13.8. The molecule has 0 aliphatic rings. The number of aliphatic hydroxyl groups is 1. The van der Waals surface area contributed by atoms with Gasteiger partial charge in [-0.05, 0) is 13.5 Å².